The fourth-order valence-electron chi connectivity index (χ4n) is 8.44. The van der Waals surface area contributed by atoms with E-state index in [4.69, 9.17) is 18.9 Å². The first-order valence-corrected chi connectivity index (χ1v) is 17.5. The van der Waals surface area contributed by atoms with Crippen molar-refractivity contribution in [1.29, 1.82) is 0 Å². The van der Waals surface area contributed by atoms with Crippen molar-refractivity contribution in [3.8, 4) is 0 Å². The summed E-state index contributed by atoms with van der Waals surface area (Å²) in [5.74, 6) is -1.64. The molecule has 9 nitrogen and oxygen atoms in total. The van der Waals surface area contributed by atoms with E-state index in [1.807, 2.05) is 54.5 Å². The fraction of sp³-hybridized carbons (Fsp3) is 0.838. The lowest BCUT2D eigenvalue weighted by molar-refractivity contribution is -0.938. The predicted molar refractivity (Wildman–Crippen MR) is 177 cm³/mol. The summed E-state index contributed by atoms with van der Waals surface area (Å²) in [7, 11) is 3.29. The molecule has 0 aromatic carbocycles. The van der Waals surface area contributed by atoms with Gasteiger partial charge >= 0.3 is 11.9 Å². The van der Waals surface area contributed by atoms with Crippen molar-refractivity contribution in [1.82, 2.24) is 0 Å². The number of methoxy groups -OCH3 is 2. The molecular formula is C37H62NO8+. The minimum absolute atomic E-state index is 0.0194. The van der Waals surface area contributed by atoms with Crippen LogP contribution in [0.2, 0.25) is 0 Å². The van der Waals surface area contributed by atoms with E-state index >= 15 is 0 Å². The van der Waals surface area contributed by atoms with E-state index in [-0.39, 0.29) is 52.9 Å². The quantitative estimate of drug-likeness (QED) is 0.152. The Bertz CT molecular complexity index is 1140. The molecule has 0 aromatic heterocycles. The summed E-state index contributed by atoms with van der Waals surface area (Å²) >= 11 is 0. The zero-order valence-corrected chi connectivity index (χ0v) is 30.5. The molecule has 2 saturated heterocycles. The minimum atomic E-state index is -1.44. The first-order valence-electron chi connectivity index (χ1n) is 17.5. The van der Waals surface area contributed by atoms with Crippen molar-refractivity contribution in [3.05, 3.63) is 11.6 Å². The Balaban J connectivity index is 2.13. The first kappa shape index (κ1) is 38.5. The van der Waals surface area contributed by atoms with Gasteiger partial charge in [-0.1, -0.05) is 32.4 Å². The van der Waals surface area contributed by atoms with Crippen molar-refractivity contribution in [2.45, 2.75) is 162 Å². The van der Waals surface area contributed by atoms with Crippen LogP contribution in [0.4, 0.5) is 0 Å². The van der Waals surface area contributed by atoms with E-state index < -0.39 is 40.9 Å². The van der Waals surface area contributed by atoms with Gasteiger partial charge in [-0.25, -0.2) is 14.1 Å². The summed E-state index contributed by atoms with van der Waals surface area (Å²) in [6.45, 7) is 17.8. The zero-order chi connectivity index (χ0) is 34.6. The number of amides is 1. The summed E-state index contributed by atoms with van der Waals surface area (Å²) in [5, 5.41) is 0. The van der Waals surface area contributed by atoms with Crippen LogP contribution in [0.3, 0.4) is 0 Å². The molecule has 0 spiro atoms. The van der Waals surface area contributed by atoms with Gasteiger partial charge in [0.05, 0.1) is 30.4 Å². The van der Waals surface area contributed by atoms with Crippen LogP contribution in [0.1, 0.15) is 120 Å². The average Bonchev–Trinajstić information content (AvgIpc) is 2.99. The molecule has 0 aliphatic carbocycles. The second-order valence-corrected chi connectivity index (χ2v) is 15.9. The molecule has 10 atom stereocenters. The molecule has 0 N–H and O–H groups in total. The van der Waals surface area contributed by atoms with Gasteiger partial charge in [-0.2, -0.15) is 0 Å². The second kappa shape index (κ2) is 15.5. The summed E-state index contributed by atoms with van der Waals surface area (Å²) in [6, 6.07) is -1.11. The van der Waals surface area contributed by atoms with Crippen LogP contribution < -0.4 is 0 Å². The van der Waals surface area contributed by atoms with E-state index in [2.05, 4.69) is 6.92 Å². The number of quaternary nitrogens is 1. The summed E-state index contributed by atoms with van der Waals surface area (Å²) in [6.07, 6.45) is 5.97. The number of carbonyl (C=O) groups is 4. The first-order chi connectivity index (χ1) is 21.4. The molecule has 3 aliphatic rings. The van der Waals surface area contributed by atoms with E-state index in [1.165, 1.54) is 0 Å². The van der Waals surface area contributed by atoms with Gasteiger partial charge in [0.15, 0.2) is 6.04 Å². The Morgan fingerprint density at radius 1 is 0.913 bits per heavy atom. The minimum Gasteiger partial charge on any atom is -0.461 e. The monoisotopic (exact) mass is 648 g/mol. The molecule has 2 fully saturated rings. The van der Waals surface area contributed by atoms with Gasteiger partial charge in [-0.15, -0.1) is 0 Å². The van der Waals surface area contributed by atoms with Crippen LogP contribution in [0, 0.1) is 17.8 Å². The van der Waals surface area contributed by atoms with Gasteiger partial charge in [-0.3, -0.25) is 9.59 Å². The Morgan fingerprint density at radius 3 is 2.15 bits per heavy atom. The number of hydrogen-bond acceptors (Lipinski definition) is 8. The van der Waals surface area contributed by atoms with Gasteiger partial charge in [-0.05, 0) is 97.8 Å². The standard InChI is InChI=1S/C37H62NO8/c1-23-15-17-28(39)18-16-24(2)22-45-35(42)29-14-12-13-27(5)38(29,36(6,7)8)34(41)33(40)37(9)26(4)21-31(44-11)32(46-37)30(43-10)20-25(3)19-23/h15,24-27,29-32H,12-14,16-22H2,1-11H3/q+1. The van der Waals surface area contributed by atoms with E-state index in [0.717, 1.165) is 18.4 Å². The van der Waals surface area contributed by atoms with E-state index in [0.29, 0.717) is 44.9 Å². The van der Waals surface area contributed by atoms with Crippen LogP contribution in [-0.4, -0.2) is 90.3 Å². The number of Topliss-reactive ketones (excluding diaryl/α,β-unsaturated/α-hetero) is 2. The largest absolute Gasteiger partial charge is 0.461 e. The highest BCUT2D eigenvalue weighted by Gasteiger charge is 2.66. The van der Waals surface area contributed by atoms with Gasteiger partial charge in [0.2, 0.25) is 0 Å². The zero-order valence-electron chi connectivity index (χ0n) is 30.5. The van der Waals surface area contributed by atoms with Gasteiger partial charge in [0.1, 0.15) is 17.5 Å². The van der Waals surface area contributed by atoms with Crippen molar-refractivity contribution in [2.24, 2.45) is 17.8 Å². The molecule has 46 heavy (non-hydrogen) atoms. The maximum atomic E-state index is 15.0. The molecule has 0 aromatic rings. The number of hydrogen-bond donors (Lipinski definition) is 0. The maximum Gasteiger partial charge on any atom is 0.386 e. The lowest BCUT2D eigenvalue weighted by Gasteiger charge is -2.56. The van der Waals surface area contributed by atoms with Crippen molar-refractivity contribution in [2.75, 3.05) is 20.8 Å². The molecule has 0 saturated carbocycles. The fourth-order valence-corrected chi connectivity index (χ4v) is 8.44. The normalized spacial score (nSPS) is 39.9. The van der Waals surface area contributed by atoms with Crippen molar-refractivity contribution in [3.63, 3.8) is 0 Å². The third-order valence-electron chi connectivity index (χ3n) is 11.3. The number of ether oxygens (including phenoxy) is 4. The number of allylic oxidation sites excluding steroid dienone is 2. The smallest absolute Gasteiger partial charge is 0.386 e. The van der Waals surface area contributed by atoms with Crippen LogP contribution in [0.25, 0.3) is 0 Å². The van der Waals surface area contributed by atoms with Gasteiger partial charge in [0.25, 0.3) is 5.78 Å². The molecule has 10 unspecified atom stereocenters. The highest BCUT2D eigenvalue weighted by molar-refractivity contribution is 6.37. The molecule has 2 bridgehead atoms. The van der Waals surface area contributed by atoms with Gasteiger partial charge < -0.3 is 18.9 Å². The number of piperidine rings is 1. The van der Waals surface area contributed by atoms with Crippen LogP contribution in [-0.2, 0) is 38.1 Å². The second-order valence-electron chi connectivity index (χ2n) is 15.9. The number of nitrogens with zero attached hydrogens (tertiary/aromatic N) is 1. The van der Waals surface area contributed by atoms with Crippen LogP contribution in [0.15, 0.2) is 11.6 Å². The molecule has 3 rings (SSSR count). The molecular weight excluding hydrogens is 586 g/mol. The molecule has 1 amide bonds. The van der Waals surface area contributed by atoms with E-state index in [1.54, 1.807) is 21.1 Å². The number of fused-ring (bicyclic) bond motifs is 3. The molecule has 3 aliphatic heterocycles. The lowest BCUT2D eigenvalue weighted by atomic mass is 9.75. The number of ketones is 2. The van der Waals surface area contributed by atoms with E-state index in [9.17, 15) is 19.2 Å². The average molecular weight is 649 g/mol. The Hall–Kier alpha value is -1.94. The third kappa shape index (κ3) is 7.85. The highest BCUT2D eigenvalue weighted by Crippen LogP contribution is 2.45. The number of cyclic esters (lactones) is 1. The number of carbonyl (C=O) groups excluding carboxylic acids is 4. The maximum absolute atomic E-state index is 15.0. The molecule has 262 valence electrons. The molecule has 3 heterocycles. The van der Waals surface area contributed by atoms with Gasteiger partial charge in [0, 0.05) is 33.5 Å². The van der Waals surface area contributed by atoms with Crippen LogP contribution >= 0.6 is 0 Å². The topological polar surface area (TPSA) is 105 Å². The molecule has 9 heteroatoms. The summed E-state index contributed by atoms with van der Waals surface area (Å²) in [5.41, 5.74) is -1.08. The predicted octanol–water partition coefficient (Wildman–Crippen LogP) is 6.15. The van der Waals surface area contributed by atoms with Crippen molar-refractivity contribution < 1.29 is 42.6 Å². The summed E-state index contributed by atoms with van der Waals surface area (Å²) < 4.78 is 24.3. The number of rotatable bonds is 2. The third-order valence-corrected chi connectivity index (χ3v) is 11.3. The Labute approximate surface area is 277 Å². The highest BCUT2D eigenvalue weighted by atomic mass is 16.6. The van der Waals surface area contributed by atoms with Crippen LogP contribution in [0.5, 0.6) is 0 Å². The number of esters is 1. The Kier molecular flexibility index (Phi) is 13.0. The molecule has 0 radical (unpaired) electrons. The SMILES string of the molecule is COC1CC(C)CC(C)=CCC(=O)CCC(C)COC(=O)C2CCCC(C)[N+]2(C(C)(C)C)C(=O)C(=O)C2(C)OC1C(OC)CC2C. The Morgan fingerprint density at radius 2 is 1.54 bits per heavy atom. The summed E-state index contributed by atoms with van der Waals surface area (Å²) in [4.78, 5) is 56.5. The lowest BCUT2D eigenvalue weighted by Crippen LogP contribution is -2.78. The van der Waals surface area contributed by atoms with Crippen molar-refractivity contribution >= 4 is 23.4 Å².